The van der Waals surface area contributed by atoms with E-state index in [4.69, 9.17) is 4.74 Å². The number of benzene rings is 1. The van der Waals surface area contributed by atoms with Crippen molar-refractivity contribution in [1.82, 2.24) is 14.5 Å². The second-order valence-electron chi connectivity index (χ2n) is 6.38. The maximum absolute atomic E-state index is 12.6. The van der Waals surface area contributed by atoms with E-state index in [9.17, 15) is 9.59 Å². The van der Waals surface area contributed by atoms with Crippen molar-refractivity contribution in [2.45, 2.75) is 6.54 Å². The molecule has 8 heteroatoms. The van der Waals surface area contributed by atoms with Gasteiger partial charge in [0.2, 0.25) is 5.91 Å². The molecule has 1 aliphatic rings. The van der Waals surface area contributed by atoms with Crippen molar-refractivity contribution in [2.75, 3.05) is 38.2 Å². The number of thiophene rings is 1. The van der Waals surface area contributed by atoms with Gasteiger partial charge in [-0.15, -0.1) is 11.3 Å². The van der Waals surface area contributed by atoms with Crippen molar-refractivity contribution in [3.63, 3.8) is 0 Å². The molecule has 0 atom stereocenters. The molecule has 4 rings (SSSR count). The smallest absolute Gasteiger partial charge is 0.262 e. The molecule has 0 N–H and O–H groups in total. The number of methoxy groups -OCH3 is 1. The zero-order valence-electron chi connectivity index (χ0n) is 15.0. The van der Waals surface area contributed by atoms with Crippen LogP contribution in [-0.2, 0) is 11.3 Å². The molecule has 140 valence electrons. The van der Waals surface area contributed by atoms with Crippen molar-refractivity contribution >= 4 is 33.1 Å². The molecule has 0 unspecified atom stereocenters. The summed E-state index contributed by atoms with van der Waals surface area (Å²) in [6, 6.07) is 9.68. The van der Waals surface area contributed by atoms with Gasteiger partial charge in [-0.25, -0.2) is 4.98 Å². The molecular formula is C19H20N4O3S. The van der Waals surface area contributed by atoms with E-state index < -0.39 is 0 Å². The summed E-state index contributed by atoms with van der Waals surface area (Å²) in [7, 11) is 1.65. The predicted molar refractivity (Wildman–Crippen MR) is 106 cm³/mol. The van der Waals surface area contributed by atoms with E-state index in [0.717, 1.165) is 24.5 Å². The minimum absolute atomic E-state index is 0.0279. The first kappa shape index (κ1) is 17.5. The molecule has 27 heavy (non-hydrogen) atoms. The summed E-state index contributed by atoms with van der Waals surface area (Å²) in [5.74, 6) is 0.775. The summed E-state index contributed by atoms with van der Waals surface area (Å²) >= 11 is 1.42. The fourth-order valence-corrected chi connectivity index (χ4v) is 3.98. The zero-order chi connectivity index (χ0) is 18.8. The van der Waals surface area contributed by atoms with Gasteiger partial charge in [-0.3, -0.25) is 14.2 Å². The summed E-state index contributed by atoms with van der Waals surface area (Å²) in [6.07, 6.45) is 1.46. The van der Waals surface area contributed by atoms with Crippen molar-refractivity contribution in [3.05, 3.63) is 52.4 Å². The molecule has 0 radical (unpaired) electrons. The van der Waals surface area contributed by atoms with Gasteiger partial charge in [0.15, 0.2) is 0 Å². The highest BCUT2D eigenvalue weighted by atomic mass is 32.1. The third-order valence-electron chi connectivity index (χ3n) is 4.83. The lowest BCUT2D eigenvalue weighted by atomic mass is 10.2. The Bertz CT molecular complexity index is 1000. The van der Waals surface area contributed by atoms with E-state index in [0.29, 0.717) is 23.3 Å². The molecule has 1 amide bonds. The van der Waals surface area contributed by atoms with Gasteiger partial charge in [-0.2, -0.15) is 0 Å². The Balaban J connectivity index is 1.39. The predicted octanol–water partition coefficient (Wildman–Crippen LogP) is 1.82. The van der Waals surface area contributed by atoms with Crippen LogP contribution in [0.4, 0.5) is 5.69 Å². The second-order valence-corrected chi connectivity index (χ2v) is 7.28. The van der Waals surface area contributed by atoms with Crippen molar-refractivity contribution in [3.8, 4) is 5.75 Å². The standard InChI is InChI=1S/C19H20N4O3S/c1-26-15-4-2-14(3-5-15)21-7-9-22(10-8-21)17(24)12-23-13-20-18-16(19(23)25)6-11-27-18/h2-6,11,13H,7-10,12H2,1H3. The second kappa shape index (κ2) is 7.40. The van der Waals surface area contributed by atoms with E-state index in [1.807, 2.05) is 34.5 Å². The summed E-state index contributed by atoms with van der Waals surface area (Å²) in [6.45, 7) is 2.81. The normalized spacial score (nSPS) is 14.6. The minimum Gasteiger partial charge on any atom is -0.497 e. The van der Waals surface area contributed by atoms with Gasteiger partial charge in [0.25, 0.3) is 5.56 Å². The van der Waals surface area contributed by atoms with Crippen LogP contribution in [-0.4, -0.2) is 53.6 Å². The van der Waals surface area contributed by atoms with Gasteiger partial charge in [0.1, 0.15) is 17.1 Å². The number of ether oxygens (including phenoxy) is 1. The molecule has 1 aromatic carbocycles. The van der Waals surface area contributed by atoms with Crippen LogP contribution in [0.5, 0.6) is 5.75 Å². The van der Waals surface area contributed by atoms with Crippen LogP contribution < -0.4 is 15.2 Å². The molecule has 2 aromatic heterocycles. The highest BCUT2D eigenvalue weighted by Crippen LogP contribution is 2.20. The third-order valence-corrected chi connectivity index (χ3v) is 5.65. The molecule has 1 aliphatic heterocycles. The topological polar surface area (TPSA) is 67.7 Å². The van der Waals surface area contributed by atoms with E-state index in [-0.39, 0.29) is 18.0 Å². The first-order valence-electron chi connectivity index (χ1n) is 8.75. The largest absolute Gasteiger partial charge is 0.497 e. The summed E-state index contributed by atoms with van der Waals surface area (Å²) in [5.41, 5.74) is 0.956. The fourth-order valence-electron chi connectivity index (χ4n) is 3.26. The molecule has 1 fully saturated rings. The average molecular weight is 384 g/mol. The number of hydrogen-bond acceptors (Lipinski definition) is 6. The monoisotopic (exact) mass is 384 g/mol. The van der Waals surface area contributed by atoms with Gasteiger partial charge in [0.05, 0.1) is 18.8 Å². The number of hydrogen-bond donors (Lipinski definition) is 0. The van der Waals surface area contributed by atoms with Gasteiger partial charge in [-0.05, 0) is 35.7 Å². The number of nitrogens with zero attached hydrogens (tertiary/aromatic N) is 4. The maximum atomic E-state index is 12.6. The number of piperazine rings is 1. The lowest BCUT2D eigenvalue weighted by Crippen LogP contribution is -2.50. The molecule has 0 spiro atoms. The molecule has 0 saturated carbocycles. The van der Waals surface area contributed by atoms with Gasteiger partial charge in [-0.1, -0.05) is 0 Å². The first-order valence-corrected chi connectivity index (χ1v) is 9.63. The summed E-state index contributed by atoms with van der Waals surface area (Å²) in [5, 5.41) is 2.41. The van der Waals surface area contributed by atoms with Gasteiger partial charge in [0, 0.05) is 31.9 Å². The van der Waals surface area contributed by atoms with Gasteiger partial charge < -0.3 is 14.5 Å². The zero-order valence-corrected chi connectivity index (χ0v) is 15.8. The number of carbonyl (C=O) groups is 1. The number of amides is 1. The fraction of sp³-hybridized carbons (Fsp3) is 0.316. The highest BCUT2D eigenvalue weighted by molar-refractivity contribution is 7.16. The lowest BCUT2D eigenvalue weighted by molar-refractivity contribution is -0.132. The summed E-state index contributed by atoms with van der Waals surface area (Å²) < 4.78 is 6.59. The molecule has 0 bridgehead atoms. The van der Waals surface area contributed by atoms with E-state index in [1.54, 1.807) is 13.2 Å². The number of rotatable bonds is 4. The maximum Gasteiger partial charge on any atom is 0.262 e. The van der Waals surface area contributed by atoms with E-state index in [2.05, 4.69) is 9.88 Å². The minimum atomic E-state index is -0.161. The Hall–Kier alpha value is -2.87. The number of anilines is 1. The number of carbonyl (C=O) groups excluding carboxylic acids is 1. The van der Waals surface area contributed by atoms with E-state index >= 15 is 0 Å². The molecule has 1 saturated heterocycles. The quantitative estimate of drug-likeness (QED) is 0.686. The third kappa shape index (κ3) is 3.52. The molecule has 3 heterocycles. The Morgan fingerprint density at radius 3 is 2.59 bits per heavy atom. The van der Waals surface area contributed by atoms with Crippen molar-refractivity contribution < 1.29 is 9.53 Å². The van der Waals surface area contributed by atoms with Crippen LogP contribution in [0.25, 0.3) is 10.2 Å². The van der Waals surface area contributed by atoms with Gasteiger partial charge >= 0.3 is 0 Å². The summed E-state index contributed by atoms with van der Waals surface area (Å²) in [4.78, 5) is 34.1. The highest BCUT2D eigenvalue weighted by Gasteiger charge is 2.22. The average Bonchev–Trinajstić information content (AvgIpc) is 3.20. The molecule has 7 nitrogen and oxygen atoms in total. The van der Waals surface area contributed by atoms with Crippen molar-refractivity contribution in [2.24, 2.45) is 0 Å². The van der Waals surface area contributed by atoms with Crippen LogP contribution in [0.15, 0.2) is 46.8 Å². The molecule has 0 aliphatic carbocycles. The molecule has 3 aromatic rings. The first-order chi connectivity index (χ1) is 13.2. The van der Waals surface area contributed by atoms with Crippen molar-refractivity contribution in [1.29, 1.82) is 0 Å². The SMILES string of the molecule is COc1ccc(N2CCN(C(=O)Cn3cnc4sccc4c3=O)CC2)cc1. The lowest BCUT2D eigenvalue weighted by Gasteiger charge is -2.36. The van der Waals surface area contributed by atoms with Crippen LogP contribution in [0.2, 0.25) is 0 Å². The van der Waals surface area contributed by atoms with Crippen LogP contribution in [0, 0.1) is 0 Å². The van der Waals surface area contributed by atoms with E-state index in [1.165, 1.54) is 22.2 Å². The number of fused-ring (bicyclic) bond motifs is 1. The number of aromatic nitrogens is 2. The van der Waals surface area contributed by atoms with Crippen LogP contribution in [0.3, 0.4) is 0 Å². The Labute approximate surface area is 160 Å². The van der Waals surface area contributed by atoms with Crippen LogP contribution >= 0.6 is 11.3 Å². The Kier molecular flexibility index (Phi) is 4.81. The Morgan fingerprint density at radius 2 is 1.89 bits per heavy atom. The molecular weight excluding hydrogens is 364 g/mol. The van der Waals surface area contributed by atoms with Crippen LogP contribution in [0.1, 0.15) is 0 Å². The Morgan fingerprint density at radius 1 is 1.15 bits per heavy atom.